The first-order chi connectivity index (χ1) is 9.70. The van der Waals surface area contributed by atoms with Gasteiger partial charge in [0.2, 0.25) is 5.95 Å². The van der Waals surface area contributed by atoms with Crippen molar-refractivity contribution in [2.75, 3.05) is 36.8 Å². The monoisotopic (exact) mass is 294 g/mol. The van der Waals surface area contributed by atoms with Gasteiger partial charge in [-0.25, -0.2) is 4.98 Å². The molecular weight excluding hydrogens is 280 g/mol. The van der Waals surface area contributed by atoms with E-state index < -0.39 is 0 Å². The van der Waals surface area contributed by atoms with Crippen molar-refractivity contribution in [3.8, 4) is 0 Å². The Labute approximate surface area is 121 Å². The quantitative estimate of drug-likeness (QED) is 0.846. The molecule has 1 fully saturated rings. The van der Waals surface area contributed by atoms with E-state index in [1.54, 1.807) is 12.3 Å². The number of aromatic nitrogens is 3. The van der Waals surface area contributed by atoms with Crippen LogP contribution in [0.5, 0.6) is 0 Å². The lowest BCUT2D eigenvalue weighted by Crippen LogP contribution is -2.46. The zero-order valence-electron chi connectivity index (χ0n) is 10.9. The van der Waals surface area contributed by atoms with Crippen molar-refractivity contribution in [3.63, 3.8) is 0 Å². The van der Waals surface area contributed by atoms with Gasteiger partial charge in [0.25, 0.3) is 0 Å². The highest BCUT2D eigenvalue weighted by molar-refractivity contribution is 6.29. The first-order valence-electron chi connectivity index (χ1n) is 6.37. The Bertz CT molecular complexity index is 547. The minimum Gasteiger partial charge on any atom is -0.368 e. The van der Waals surface area contributed by atoms with Crippen molar-refractivity contribution in [2.45, 2.75) is 6.54 Å². The van der Waals surface area contributed by atoms with Crippen LogP contribution in [-0.4, -0.2) is 46.2 Å². The van der Waals surface area contributed by atoms with Crippen LogP contribution in [0.2, 0.25) is 5.15 Å². The van der Waals surface area contributed by atoms with Crippen LogP contribution in [0, 0.1) is 0 Å². The first-order valence-corrected chi connectivity index (χ1v) is 6.75. The van der Waals surface area contributed by atoms with Gasteiger partial charge in [0.1, 0.15) is 17.2 Å². The molecule has 0 amide bonds. The van der Waals surface area contributed by atoms with E-state index in [9.17, 15) is 0 Å². The molecule has 0 atom stereocenters. The summed E-state index contributed by atoms with van der Waals surface area (Å²) in [6.45, 7) is 4.38. The number of hydrogen-bond donors (Lipinski definition) is 1. The van der Waals surface area contributed by atoms with Gasteiger partial charge in [-0.3, -0.25) is 4.90 Å². The molecule has 0 unspecified atom stereocenters. The summed E-state index contributed by atoms with van der Waals surface area (Å²) in [7, 11) is 0. The topological polar surface area (TPSA) is 84.3 Å². The molecule has 8 heteroatoms. The lowest BCUT2D eigenvalue weighted by atomic mass is 10.3. The van der Waals surface area contributed by atoms with Crippen LogP contribution in [0.15, 0.2) is 22.9 Å². The molecule has 7 nitrogen and oxygen atoms in total. The predicted molar refractivity (Wildman–Crippen MR) is 75.4 cm³/mol. The maximum atomic E-state index is 5.91. The molecule has 0 spiro atoms. The molecule has 0 saturated carbocycles. The summed E-state index contributed by atoms with van der Waals surface area (Å²) in [4.78, 5) is 12.6. The van der Waals surface area contributed by atoms with Crippen LogP contribution < -0.4 is 10.6 Å². The molecule has 3 rings (SSSR count). The fourth-order valence-electron chi connectivity index (χ4n) is 2.27. The minimum absolute atomic E-state index is 0.206. The minimum atomic E-state index is 0.206. The Morgan fingerprint density at radius 3 is 2.70 bits per heavy atom. The normalized spacial score (nSPS) is 16.6. The van der Waals surface area contributed by atoms with Gasteiger partial charge in [-0.05, 0) is 0 Å². The number of nitrogen functional groups attached to an aromatic ring is 1. The average molecular weight is 295 g/mol. The van der Waals surface area contributed by atoms with Gasteiger partial charge >= 0.3 is 0 Å². The van der Waals surface area contributed by atoms with E-state index >= 15 is 0 Å². The van der Waals surface area contributed by atoms with E-state index in [0.29, 0.717) is 5.15 Å². The summed E-state index contributed by atoms with van der Waals surface area (Å²) in [5.74, 6) is 0.987. The van der Waals surface area contributed by atoms with Gasteiger partial charge < -0.3 is 15.2 Å². The average Bonchev–Trinajstić information content (AvgIpc) is 2.91. The van der Waals surface area contributed by atoms with Crippen LogP contribution in [0.25, 0.3) is 0 Å². The van der Waals surface area contributed by atoms with E-state index in [4.69, 9.17) is 21.9 Å². The standard InChI is InChI=1S/C12H15ClN6O/c13-10-7-11(16-12(14)15-10)19-4-2-18(3-5-19)8-9-1-6-20-17-9/h1,6-7H,2-5,8H2,(H2,14,15,16). The number of anilines is 2. The molecule has 3 heterocycles. The number of rotatable bonds is 3. The van der Waals surface area contributed by atoms with E-state index in [0.717, 1.165) is 44.2 Å². The van der Waals surface area contributed by atoms with Crippen molar-refractivity contribution in [3.05, 3.63) is 29.2 Å². The Morgan fingerprint density at radius 1 is 1.25 bits per heavy atom. The van der Waals surface area contributed by atoms with Gasteiger partial charge in [-0.1, -0.05) is 16.8 Å². The molecule has 106 valence electrons. The number of piperazine rings is 1. The molecule has 2 aromatic rings. The Hall–Kier alpha value is -1.86. The number of nitrogens with zero attached hydrogens (tertiary/aromatic N) is 5. The van der Waals surface area contributed by atoms with Crippen LogP contribution in [0.1, 0.15) is 5.69 Å². The molecule has 0 aromatic carbocycles. The molecule has 1 aliphatic heterocycles. The highest BCUT2D eigenvalue weighted by atomic mass is 35.5. The van der Waals surface area contributed by atoms with Crippen molar-refractivity contribution >= 4 is 23.4 Å². The van der Waals surface area contributed by atoms with Gasteiger partial charge in [0.15, 0.2) is 0 Å². The predicted octanol–water partition coefficient (Wildman–Crippen LogP) is 1.02. The van der Waals surface area contributed by atoms with Gasteiger partial charge in [-0.15, -0.1) is 0 Å². The fourth-order valence-corrected chi connectivity index (χ4v) is 2.45. The Morgan fingerprint density at radius 2 is 2.05 bits per heavy atom. The zero-order chi connectivity index (χ0) is 13.9. The molecule has 0 radical (unpaired) electrons. The maximum absolute atomic E-state index is 5.91. The smallest absolute Gasteiger partial charge is 0.223 e. The Balaban J connectivity index is 1.60. The third-order valence-corrected chi connectivity index (χ3v) is 3.47. The second-order valence-corrected chi connectivity index (χ2v) is 5.05. The first kappa shape index (κ1) is 13.1. The molecule has 2 aromatic heterocycles. The van der Waals surface area contributed by atoms with Crippen LogP contribution in [-0.2, 0) is 6.54 Å². The third kappa shape index (κ3) is 3.00. The van der Waals surface area contributed by atoms with Crippen molar-refractivity contribution in [1.82, 2.24) is 20.0 Å². The van der Waals surface area contributed by atoms with Gasteiger partial charge in [-0.2, -0.15) is 4.98 Å². The summed E-state index contributed by atoms with van der Waals surface area (Å²) in [6.07, 6.45) is 1.59. The fraction of sp³-hybridized carbons (Fsp3) is 0.417. The van der Waals surface area contributed by atoms with E-state index in [1.807, 2.05) is 6.07 Å². The molecule has 1 aliphatic rings. The molecule has 20 heavy (non-hydrogen) atoms. The molecule has 2 N–H and O–H groups in total. The van der Waals surface area contributed by atoms with E-state index in [2.05, 4.69) is 24.9 Å². The van der Waals surface area contributed by atoms with Crippen LogP contribution in [0.4, 0.5) is 11.8 Å². The molecule has 0 bridgehead atoms. The Kier molecular flexibility index (Phi) is 3.70. The molecule has 1 saturated heterocycles. The summed E-state index contributed by atoms with van der Waals surface area (Å²) in [5.41, 5.74) is 6.57. The SMILES string of the molecule is Nc1nc(Cl)cc(N2CCN(Cc3ccon3)CC2)n1. The third-order valence-electron chi connectivity index (χ3n) is 3.27. The summed E-state index contributed by atoms with van der Waals surface area (Å²) < 4.78 is 4.84. The number of hydrogen-bond acceptors (Lipinski definition) is 7. The molecule has 0 aliphatic carbocycles. The summed E-state index contributed by atoms with van der Waals surface area (Å²) in [5, 5.41) is 4.30. The number of halogens is 1. The second kappa shape index (κ2) is 5.64. The van der Waals surface area contributed by atoms with Gasteiger partial charge in [0, 0.05) is 44.9 Å². The lowest BCUT2D eigenvalue weighted by molar-refractivity contribution is 0.241. The van der Waals surface area contributed by atoms with Crippen molar-refractivity contribution in [2.24, 2.45) is 0 Å². The van der Waals surface area contributed by atoms with E-state index in [1.165, 1.54) is 0 Å². The lowest BCUT2D eigenvalue weighted by Gasteiger charge is -2.34. The highest BCUT2D eigenvalue weighted by Crippen LogP contribution is 2.19. The van der Waals surface area contributed by atoms with Crippen molar-refractivity contribution in [1.29, 1.82) is 0 Å². The maximum Gasteiger partial charge on any atom is 0.223 e. The van der Waals surface area contributed by atoms with Crippen molar-refractivity contribution < 1.29 is 4.52 Å². The zero-order valence-corrected chi connectivity index (χ0v) is 11.6. The summed E-state index contributed by atoms with van der Waals surface area (Å²) in [6, 6.07) is 3.63. The van der Waals surface area contributed by atoms with E-state index in [-0.39, 0.29) is 5.95 Å². The van der Waals surface area contributed by atoms with Crippen LogP contribution in [0.3, 0.4) is 0 Å². The van der Waals surface area contributed by atoms with Crippen LogP contribution >= 0.6 is 11.6 Å². The largest absolute Gasteiger partial charge is 0.368 e. The summed E-state index contributed by atoms with van der Waals surface area (Å²) >= 11 is 5.91. The number of nitrogens with two attached hydrogens (primary N) is 1. The molecular formula is C12H15ClN6O. The second-order valence-electron chi connectivity index (χ2n) is 4.66. The van der Waals surface area contributed by atoms with Gasteiger partial charge in [0.05, 0.1) is 5.69 Å². The highest BCUT2D eigenvalue weighted by Gasteiger charge is 2.19.